The number of hydrogen-bond acceptors (Lipinski definition) is 4. The lowest BCUT2D eigenvalue weighted by Gasteiger charge is -2.17. The van der Waals surface area contributed by atoms with Gasteiger partial charge >= 0.3 is 0 Å². The number of aliphatic hydroxyl groups is 1. The molecule has 5 nitrogen and oxygen atoms in total. The van der Waals surface area contributed by atoms with Crippen LogP contribution in [0.4, 0.5) is 8.78 Å². The van der Waals surface area contributed by atoms with E-state index in [0.717, 1.165) is 12.1 Å². The van der Waals surface area contributed by atoms with Gasteiger partial charge in [-0.2, -0.15) is 0 Å². The Morgan fingerprint density at radius 1 is 1.37 bits per heavy atom. The Hall–Kier alpha value is -1.09. The first kappa shape index (κ1) is 16.0. The molecule has 0 saturated carbocycles. The van der Waals surface area contributed by atoms with Crippen LogP contribution in [0.3, 0.4) is 0 Å². The van der Waals surface area contributed by atoms with Gasteiger partial charge < -0.3 is 9.84 Å². The Labute approximate surface area is 110 Å². The van der Waals surface area contributed by atoms with Gasteiger partial charge in [-0.25, -0.2) is 21.9 Å². The minimum atomic E-state index is -3.99. The average molecular weight is 295 g/mol. The number of halogens is 2. The zero-order valence-electron chi connectivity index (χ0n) is 10.3. The topological polar surface area (TPSA) is 75.6 Å². The van der Waals surface area contributed by atoms with E-state index < -0.39 is 27.7 Å². The van der Waals surface area contributed by atoms with Crippen molar-refractivity contribution in [1.29, 1.82) is 0 Å². The highest BCUT2D eigenvalue weighted by molar-refractivity contribution is 7.89. The fraction of sp³-hybridized carbons (Fsp3) is 0.455. The quantitative estimate of drug-likeness (QED) is 0.774. The lowest BCUT2D eigenvalue weighted by atomic mass is 10.2. The Balaban J connectivity index is 2.92. The minimum absolute atomic E-state index is 0.0590. The summed E-state index contributed by atoms with van der Waals surface area (Å²) in [7, 11) is -2.61. The van der Waals surface area contributed by atoms with Gasteiger partial charge in [0.1, 0.15) is 0 Å². The van der Waals surface area contributed by atoms with E-state index in [1.54, 1.807) is 0 Å². The van der Waals surface area contributed by atoms with Gasteiger partial charge in [-0.3, -0.25) is 0 Å². The number of aliphatic hydroxyl groups excluding tert-OH is 1. The molecule has 108 valence electrons. The highest BCUT2D eigenvalue weighted by Gasteiger charge is 2.21. The van der Waals surface area contributed by atoms with Gasteiger partial charge in [-0.15, -0.1) is 0 Å². The Bertz CT molecular complexity index is 515. The van der Waals surface area contributed by atoms with E-state index in [1.807, 2.05) is 0 Å². The maximum atomic E-state index is 13.0. The number of sulfonamides is 1. The molecule has 8 heteroatoms. The summed E-state index contributed by atoms with van der Waals surface area (Å²) >= 11 is 0. The number of nitrogens with one attached hydrogen (secondary N) is 1. The summed E-state index contributed by atoms with van der Waals surface area (Å²) in [4.78, 5) is -0.384. The number of methoxy groups -OCH3 is 1. The predicted molar refractivity (Wildman–Crippen MR) is 64.0 cm³/mol. The van der Waals surface area contributed by atoms with Gasteiger partial charge in [-0.1, -0.05) is 0 Å². The van der Waals surface area contributed by atoms with Crippen LogP contribution in [0.5, 0.6) is 0 Å². The molecule has 2 N–H and O–H groups in total. The van der Waals surface area contributed by atoms with Crippen molar-refractivity contribution < 1.29 is 27.0 Å². The molecule has 0 radical (unpaired) electrons. The van der Waals surface area contributed by atoms with Crippen molar-refractivity contribution in [1.82, 2.24) is 4.72 Å². The first-order chi connectivity index (χ1) is 8.90. The van der Waals surface area contributed by atoms with E-state index in [-0.39, 0.29) is 24.5 Å². The van der Waals surface area contributed by atoms with Crippen LogP contribution in [0.25, 0.3) is 0 Å². The summed E-state index contributed by atoms with van der Waals surface area (Å²) < 4.78 is 56.7. The molecule has 1 atom stereocenters. The third-order valence-corrected chi connectivity index (χ3v) is 3.89. The number of ether oxygens (including phenoxy) is 1. The van der Waals surface area contributed by atoms with Crippen molar-refractivity contribution in [2.75, 3.05) is 20.3 Å². The summed E-state index contributed by atoms with van der Waals surface area (Å²) in [5.74, 6) is -2.36. The van der Waals surface area contributed by atoms with Crippen LogP contribution < -0.4 is 4.72 Å². The van der Waals surface area contributed by atoms with Gasteiger partial charge in [0.25, 0.3) is 0 Å². The Kier molecular flexibility index (Phi) is 5.80. The second-order valence-electron chi connectivity index (χ2n) is 3.86. The van der Waals surface area contributed by atoms with Crippen molar-refractivity contribution in [3.05, 3.63) is 29.8 Å². The maximum Gasteiger partial charge on any atom is 0.241 e. The molecule has 0 aliphatic heterocycles. The molecule has 0 aromatic heterocycles. The second kappa shape index (κ2) is 6.90. The molecule has 1 unspecified atom stereocenters. The predicted octanol–water partition coefficient (Wildman–Crippen LogP) is 0.641. The van der Waals surface area contributed by atoms with E-state index in [0.29, 0.717) is 6.07 Å². The number of rotatable bonds is 7. The Morgan fingerprint density at radius 2 is 2.05 bits per heavy atom. The molecular formula is C11H15F2NO4S. The normalized spacial score (nSPS) is 13.5. The zero-order valence-corrected chi connectivity index (χ0v) is 11.1. The maximum absolute atomic E-state index is 13.0. The first-order valence-corrected chi connectivity index (χ1v) is 6.96. The lowest BCUT2D eigenvalue weighted by Crippen LogP contribution is -2.38. The fourth-order valence-corrected chi connectivity index (χ4v) is 2.73. The van der Waals surface area contributed by atoms with Crippen molar-refractivity contribution in [3.63, 3.8) is 0 Å². The standard InChI is InChI=1S/C11H15F2NO4S/c1-18-7-8(4-5-15)14-19(16,17)9-2-3-10(12)11(13)6-9/h2-3,6,8,14-15H,4-5,7H2,1H3. The highest BCUT2D eigenvalue weighted by Crippen LogP contribution is 2.14. The molecule has 0 spiro atoms. The van der Waals surface area contributed by atoms with Gasteiger partial charge in [0.15, 0.2) is 11.6 Å². The molecule has 0 aliphatic carbocycles. The summed E-state index contributed by atoms with van der Waals surface area (Å²) in [6.07, 6.45) is 0.150. The molecule has 1 aromatic rings. The van der Waals surface area contributed by atoms with Gasteiger partial charge in [0.05, 0.1) is 11.5 Å². The monoisotopic (exact) mass is 295 g/mol. The van der Waals surface area contributed by atoms with E-state index >= 15 is 0 Å². The molecule has 1 aromatic carbocycles. The third-order valence-electron chi connectivity index (χ3n) is 2.37. The Morgan fingerprint density at radius 3 is 2.58 bits per heavy atom. The molecule has 0 fully saturated rings. The summed E-state index contributed by atoms with van der Waals surface area (Å²) in [5.41, 5.74) is 0. The molecule has 19 heavy (non-hydrogen) atoms. The smallest absolute Gasteiger partial charge is 0.241 e. The lowest BCUT2D eigenvalue weighted by molar-refractivity contribution is 0.158. The van der Waals surface area contributed by atoms with Crippen LogP contribution >= 0.6 is 0 Å². The van der Waals surface area contributed by atoms with Crippen molar-refractivity contribution >= 4 is 10.0 Å². The van der Waals surface area contributed by atoms with E-state index in [2.05, 4.69) is 4.72 Å². The van der Waals surface area contributed by atoms with Crippen molar-refractivity contribution in [3.8, 4) is 0 Å². The second-order valence-corrected chi connectivity index (χ2v) is 5.58. The molecule has 0 amide bonds. The van der Waals surface area contributed by atoms with Crippen LogP contribution in [0.15, 0.2) is 23.1 Å². The van der Waals surface area contributed by atoms with E-state index in [4.69, 9.17) is 9.84 Å². The van der Waals surface area contributed by atoms with Crippen LogP contribution in [0, 0.1) is 11.6 Å². The molecule has 0 saturated heterocycles. The fourth-order valence-electron chi connectivity index (χ4n) is 1.46. The zero-order chi connectivity index (χ0) is 14.5. The highest BCUT2D eigenvalue weighted by atomic mass is 32.2. The summed E-state index contributed by atoms with van der Waals surface area (Å²) in [6.45, 7) is -0.169. The number of benzene rings is 1. The van der Waals surface area contributed by atoms with Crippen molar-refractivity contribution in [2.24, 2.45) is 0 Å². The SMILES string of the molecule is COCC(CCO)NS(=O)(=O)c1ccc(F)c(F)c1. The third kappa shape index (κ3) is 4.50. The van der Waals surface area contributed by atoms with Crippen LogP contribution in [0.2, 0.25) is 0 Å². The van der Waals surface area contributed by atoms with E-state index in [9.17, 15) is 17.2 Å². The van der Waals surface area contributed by atoms with Crippen LogP contribution in [-0.2, 0) is 14.8 Å². The number of hydrogen-bond donors (Lipinski definition) is 2. The molecule has 0 bridgehead atoms. The molecule has 0 heterocycles. The van der Waals surface area contributed by atoms with Crippen molar-refractivity contribution in [2.45, 2.75) is 17.4 Å². The summed E-state index contributed by atoms with van der Waals surface area (Å²) in [5, 5.41) is 8.81. The molecule has 0 aliphatic rings. The first-order valence-electron chi connectivity index (χ1n) is 5.48. The van der Waals surface area contributed by atoms with Gasteiger partial charge in [0.2, 0.25) is 10.0 Å². The largest absolute Gasteiger partial charge is 0.396 e. The average Bonchev–Trinajstić information content (AvgIpc) is 2.32. The molecule has 1 rings (SSSR count). The summed E-state index contributed by atoms with van der Waals surface area (Å²) in [6, 6.07) is 1.65. The van der Waals surface area contributed by atoms with Gasteiger partial charge in [0, 0.05) is 19.8 Å². The van der Waals surface area contributed by atoms with Crippen LogP contribution in [-0.4, -0.2) is 39.9 Å². The molecular weight excluding hydrogens is 280 g/mol. The van der Waals surface area contributed by atoms with Gasteiger partial charge in [-0.05, 0) is 24.6 Å². The van der Waals surface area contributed by atoms with Crippen LogP contribution in [0.1, 0.15) is 6.42 Å². The minimum Gasteiger partial charge on any atom is -0.396 e. The van der Waals surface area contributed by atoms with E-state index in [1.165, 1.54) is 7.11 Å².